The molecule has 0 saturated heterocycles. The van der Waals surface area contributed by atoms with Gasteiger partial charge in [0, 0.05) is 6.07 Å². The van der Waals surface area contributed by atoms with Crippen LogP contribution in [-0.4, -0.2) is 9.97 Å². The zero-order chi connectivity index (χ0) is 10.5. The zero-order valence-corrected chi connectivity index (χ0v) is 8.13. The summed E-state index contributed by atoms with van der Waals surface area (Å²) in [6.07, 6.45) is 1.43. The van der Waals surface area contributed by atoms with Gasteiger partial charge in [-0.1, -0.05) is 18.2 Å². The molecule has 0 amide bonds. The number of rotatable bonds is 3. The molecule has 1 aromatic carbocycles. The van der Waals surface area contributed by atoms with E-state index in [4.69, 9.17) is 10.5 Å². The van der Waals surface area contributed by atoms with E-state index in [1.165, 1.54) is 6.33 Å². The fraction of sp³-hybridized carbons (Fsp3) is 0.0909. The second kappa shape index (κ2) is 4.41. The summed E-state index contributed by atoms with van der Waals surface area (Å²) in [5.41, 5.74) is 6.29. The summed E-state index contributed by atoms with van der Waals surface area (Å²) < 4.78 is 5.50. The Kier molecular flexibility index (Phi) is 2.78. The van der Waals surface area contributed by atoms with Gasteiger partial charge >= 0.3 is 0 Å². The van der Waals surface area contributed by atoms with Crippen molar-refractivity contribution >= 4 is 5.82 Å². The third kappa shape index (κ3) is 2.67. The highest BCUT2D eigenvalue weighted by Gasteiger charge is 1.97. The number of benzene rings is 1. The van der Waals surface area contributed by atoms with Crippen LogP contribution in [0.2, 0.25) is 0 Å². The summed E-state index contributed by atoms with van der Waals surface area (Å²) in [7, 11) is 0. The fourth-order valence-electron chi connectivity index (χ4n) is 1.17. The van der Waals surface area contributed by atoms with E-state index in [1.54, 1.807) is 6.07 Å². The predicted octanol–water partition coefficient (Wildman–Crippen LogP) is 1.64. The molecule has 0 saturated carbocycles. The SMILES string of the molecule is Nc1cc(COc2ccccc2)ncn1. The van der Waals surface area contributed by atoms with Crippen LogP contribution in [0.15, 0.2) is 42.7 Å². The van der Waals surface area contributed by atoms with E-state index in [9.17, 15) is 0 Å². The Morgan fingerprint density at radius 1 is 1.13 bits per heavy atom. The van der Waals surface area contributed by atoms with Gasteiger partial charge in [-0.25, -0.2) is 9.97 Å². The Labute approximate surface area is 87.7 Å². The molecule has 0 bridgehead atoms. The summed E-state index contributed by atoms with van der Waals surface area (Å²) in [4.78, 5) is 7.84. The van der Waals surface area contributed by atoms with Gasteiger partial charge in [-0.05, 0) is 12.1 Å². The molecule has 4 nitrogen and oxygen atoms in total. The van der Waals surface area contributed by atoms with Crippen LogP contribution in [0.25, 0.3) is 0 Å². The second-order valence-electron chi connectivity index (χ2n) is 3.04. The molecule has 76 valence electrons. The fourth-order valence-corrected chi connectivity index (χ4v) is 1.17. The maximum absolute atomic E-state index is 5.52. The molecule has 0 aliphatic heterocycles. The number of nitrogen functional groups attached to an aromatic ring is 1. The highest BCUT2D eigenvalue weighted by molar-refractivity contribution is 5.28. The number of ether oxygens (including phenoxy) is 1. The summed E-state index contributed by atoms with van der Waals surface area (Å²) >= 11 is 0. The van der Waals surface area contributed by atoms with Gasteiger partial charge in [0.25, 0.3) is 0 Å². The first-order valence-corrected chi connectivity index (χ1v) is 4.59. The van der Waals surface area contributed by atoms with Crippen LogP contribution in [0.1, 0.15) is 5.69 Å². The molecule has 0 aliphatic rings. The van der Waals surface area contributed by atoms with Crippen LogP contribution in [0, 0.1) is 0 Å². The van der Waals surface area contributed by atoms with Gasteiger partial charge < -0.3 is 10.5 Å². The van der Waals surface area contributed by atoms with Gasteiger partial charge in [0.15, 0.2) is 0 Å². The number of nitrogens with two attached hydrogens (primary N) is 1. The van der Waals surface area contributed by atoms with Gasteiger partial charge in [0.2, 0.25) is 0 Å². The quantitative estimate of drug-likeness (QED) is 0.820. The lowest BCUT2D eigenvalue weighted by Crippen LogP contribution is -2.00. The molecule has 2 rings (SSSR count). The van der Waals surface area contributed by atoms with Crippen molar-refractivity contribution in [3.63, 3.8) is 0 Å². The molecule has 0 spiro atoms. The lowest BCUT2D eigenvalue weighted by Gasteiger charge is -2.04. The van der Waals surface area contributed by atoms with Crippen molar-refractivity contribution in [2.75, 3.05) is 5.73 Å². The molecule has 0 fully saturated rings. The molecule has 1 heterocycles. The van der Waals surface area contributed by atoms with Crippen molar-refractivity contribution in [2.45, 2.75) is 6.61 Å². The third-order valence-electron chi connectivity index (χ3n) is 1.87. The first-order valence-electron chi connectivity index (χ1n) is 4.59. The lowest BCUT2D eigenvalue weighted by molar-refractivity contribution is 0.301. The molecule has 0 radical (unpaired) electrons. The third-order valence-corrected chi connectivity index (χ3v) is 1.87. The van der Waals surface area contributed by atoms with Crippen LogP contribution in [0.5, 0.6) is 5.75 Å². The number of anilines is 1. The van der Waals surface area contributed by atoms with Gasteiger partial charge in [-0.15, -0.1) is 0 Å². The van der Waals surface area contributed by atoms with Gasteiger partial charge in [0.05, 0.1) is 5.69 Å². The van der Waals surface area contributed by atoms with Gasteiger partial charge in [0.1, 0.15) is 24.5 Å². The van der Waals surface area contributed by atoms with Crippen molar-refractivity contribution in [1.82, 2.24) is 9.97 Å². The molecule has 4 heteroatoms. The Hall–Kier alpha value is -2.10. The number of hydrogen-bond acceptors (Lipinski definition) is 4. The van der Waals surface area contributed by atoms with E-state index in [1.807, 2.05) is 30.3 Å². The van der Waals surface area contributed by atoms with Crippen LogP contribution >= 0.6 is 0 Å². The summed E-state index contributed by atoms with van der Waals surface area (Å²) in [6, 6.07) is 11.3. The van der Waals surface area contributed by atoms with E-state index in [2.05, 4.69) is 9.97 Å². The Morgan fingerprint density at radius 2 is 1.93 bits per heavy atom. The first-order chi connectivity index (χ1) is 7.34. The van der Waals surface area contributed by atoms with Crippen molar-refractivity contribution in [2.24, 2.45) is 0 Å². The highest BCUT2D eigenvalue weighted by Crippen LogP contribution is 2.10. The molecule has 1 aromatic heterocycles. The van der Waals surface area contributed by atoms with Crippen molar-refractivity contribution in [1.29, 1.82) is 0 Å². The molecule has 0 atom stereocenters. The lowest BCUT2D eigenvalue weighted by atomic mass is 10.3. The standard InChI is InChI=1S/C11H11N3O/c12-11-6-9(13-8-14-11)7-15-10-4-2-1-3-5-10/h1-6,8H,7H2,(H2,12,13,14). The highest BCUT2D eigenvalue weighted by atomic mass is 16.5. The first kappa shape index (κ1) is 9.45. The van der Waals surface area contributed by atoms with E-state index in [-0.39, 0.29) is 0 Å². The van der Waals surface area contributed by atoms with Crippen molar-refractivity contribution in [3.05, 3.63) is 48.4 Å². The summed E-state index contributed by atoms with van der Waals surface area (Å²) in [6.45, 7) is 0.400. The minimum absolute atomic E-state index is 0.400. The number of nitrogens with zero attached hydrogens (tertiary/aromatic N) is 2. The maximum Gasteiger partial charge on any atom is 0.130 e. The molecule has 15 heavy (non-hydrogen) atoms. The van der Waals surface area contributed by atoms with Crippen LogP contribution in [-0.2, 0) is 6.61 Å². The van der Waals surface area contributed by atoms with Crippen molar-refractivity contribution in [3.8, 4) is 5.75 Å². The van der Waals surface area contributed by atoms with Crippen LogP contribution < -0.4 is 10.5 Å². The normalized spacial score (nSPS) is 9.87. The topological polar surface area (TPSA) is 61.0 Å². The van der Waals surface area contributed by atoms with E-state index in [0.717, 1.165) is 11.4 Å². The number of aromatic nitrogens is 2. The molecular weight excluding hydrogens is 190 g/mol. The van der Waals surface area contributed by atoms with E-state index < -0.39 is 0 Å². The minimum Gasteiger partial charge on any atom is -0.487 e. The molecule has 0 aliphatic carbocycles. The molecule has 0 unspecified atom stereocenters. The summed E-state index contributed by atoms with van der Waals surface area (Å²) in [5.74, 6) is 1.27. The smallest absolute Gasteiger partial charge is 0.130 e. The molecule has 2 N–H and O–H groups in total. The Morgan fingerprint density at radius 3 is 2.67 bits per heavy atom. The van der Waals surface area contributed by atoms with Gasteiger partial charge in [-0.3, -0.25) is 0 Å². The Balaban J connectivity index is 1.99. The molecular formula is C11H11N3O. The van der Waals surface area contributed by atoms with E-state index >= 15 is 0 Å². The predicted molar refractivity (Wildman–Crippen MR) is 57.2 cm³/mol. The zero-order valence-electron chi connectivity index (χ0n) is 8.13. The maximum atomic E-state index is 5.52. The molecule has 2 aromatic rings. The van der Waals surface area contributed by atoms with E-state index in [0.29, 0.717) is 12.4 Å². The average Bonchev–Trinajstić information content (AvgIpc) is 2.28. The van der Waals surface area contributed by atoms with Gasteiger partial charge in [-0.2, -0.15) is 0 Å². The largest absolute Gasteiger partial charge is 0.487 e. The van der Waals surface area contributed by atoms with Crippen LogP contribution in [0.3, 0.4) is 0 Å². The van der Waals surface area contributed by atoms with Crippen molar-refractivity contribution < 1.29 is 4.74 Å². The Bertz CT molecular complexity index is 431. The summed E-state index contributed by atoms with van der Waals surface area (Å²) in [5, 5.41) is 0. The average molecular weight is 201 g/mol. The second-order valence-corrected chi connectivity index (χ2v) is 3.04. The minimum atomic E-state index is 0.400. The number of para-hydroxylation sites is 1. The van der Waals surface area contributed by atoms with Crippen LogP contribution in [0.4, 0.5) is 5.82 Å². The number of hydrogen-bond donors (Lipinski definition) is 1. The monoisotopic (exact) mass is 201 g/mol.